The van der Waals surface area contributed by atoms with Crippen molar-refractivity contribution in [2.45, 2.75) is 52.5 Å². The maximum Gasteiger partial charge on any atom is 0.00726 e. The SMILES string of the molecule is CC12CCC(N)C(CC1)C2(C)C. The van der Waals surface area contributed by atoms with Gasteiger partial charge in [0.2, 0.25) is 0 Å². The van der Waals surface area contributed by atoms with Gasteiger partial charge in [-0.3, -0.25) is 0 Å². The molecule has 0 aromatic carbocycles. The van der Waals surface area contributed by atoms with E-state index in [-0.39, 0.29) is 0 Å². The molecule has 1 nitrogen and oxygen atoms in total. The van der Waals surface area contributed by atoms with Crippen molar-refractivity contribution in [2.75, 3.05) is 0 Å². The van der Waals surface area contributed by atoms with Gasteiger partial charge < -0.3 is 5.73 Å². The van der Waals surface area contributed by atoms with Crippen LogP contribution in [0.5, 0.6) is 0 Å². The van der Waals surface area contributed by atoms with Crippen LogP contribution in [-0.4, -0.2) is 6.04 Å². The minimum Gasteiger partial charge on any atom is -0.327 e. The van der Waals surface area contributed by atoms with E-state index in [1.54, 1.807) is 0 Å². The molecule has 12 heavy (non-hydrogen) atoms. The van der Waals surface area contributed by atoms with Gasteiger partial charge in [0.25, 0.3) is 0 Å². The van der Waals surface area contributed by atoms with E-state index in [1.807, 2.05) is 0 Å². The van der Waals surface area contributed by atoms with Gasteiger partial charge in [-0.25, -0.2) is 0 Å². The van der Waals surface area contributed by atoms with Crippen LogP contribution in [0, 0.1) is 16.7 Å². The number of nitrogens with two attached hydrogens (primary N) is 1. The van der Waals surface area contributed by atoms with Gasteiger partial charge in [0.1, 0.15) is 0 Å². The molecule has 2 saturated carbocycles. The maximum absolute atomic E-state index is 6.15. The van der Waals surface area contributed by atoms with Gasteiger partial charge in [0.15, 0.2) is 0 Å². The summed E-state index contributed by atoms with van der Waals surface area (Å²) in [6, 6.07) is 0.482. The molecule has 70 valence electrons. The average Bonchev–Trinajstić information content (AvgIpc) is 2.16. The van der Waals surface area contributed by atoms with Crippen molar-refractivity contribution in [1.29, 1.82) is 0 Å². The summed E-state index contributed by atoms with van der Waals surface area (Å²) in [6.07, 6.45) is 5.37. The van der Waals surface area contributed by atoms with Crippen molar-refractivity contribution in [2.24, 2.45) is 22.5 Å². The fraction of sp³-hybridized carbons (Fsp3) is 1.00. The van der Waals surface area contributed by atoms with Gasteiger partial charge in [-0.1, -0.05) is 20.8 Å². The molecule has 0 amide bonds. The van der Waals surface area contributed by atoms with Crippen LogP contribution in [0.4, 0.5) is 0 Å². The molecule has 2 aliphatic rings. The van der Waals surface area contributed by atoms with Crippen LogP contribution in [0.2, 0.25) is 0 Å². The molecule has 1 heteroatoms. The zero-order valence-corrected chi connectivity index (χ0v) is 8.56. The van der Waals surface area contributed by atoms with Crippen LogP contribution in [0.3, 0.4) is 0 Å². The van der Waals surface area contributed by atoms with Crippen LogP contribution in [0.25, 0.3) is 0 Å². The number of fused-ring (bicyclic) bond motifs is 2. The largest absolute Gasteiger partial charge is 0.327 e. The third kappa shape index (κ3) is 0.834. The van der Waals surface area contributed by atoms with Crippen molar-refractivity contribution in [3.63, 3.8) is 0 Å². The second-order valence-corrected chi connectivity index (χ2v) is 5.63. The second kappa shape index (κ2) is 2.25. The van der Waals surface area contributed by atoms with Crippen molar-refractivity contribution in [1.82, 2.24) is 0 Å². The number of hydrogen-bond donors (Lipinski definition) is 1. The number of rotatable bonds is 0. The highest BCUT2D eigenvalue weighted by molar-refractivity contribution is 5.06. The first-order valence-corrected chi connectivity index (χ1v) is 5.23. The lowest BCUT2D eigenvalue weighted by Crippen LogP contribution is -2.47. The van der Waals surface area contributed by atoms with E-state index in [2.05, 4.69) is 20.8 Å². The fourth-order valence-corrected chi connectivity index (χ4v) is 3.49. The quantitative estimate of drug-likeness (QED) is 0.589. The van der Waals surface area contributed by atoms with Crippen LogP contribution in [0.15, 0.2) is 0 Å². The van der Waals surface area contributed by atoms with Gasteiger partial charge in [-0.2, -0.15) is 0 Å². The Balaban J connectivity index is 2.34. The third-order valence-electron chi connectivity index (χ3n) is 5.04. The molecular weight excluding hydrogens is 146 g/mol. The van der Waals surface area contributed by atoms with E-state index >= 15 is 0 Å². The smallest absolute Gasteiger partial charge is 0.00726 e. The zero-order chi connectivity index (χ0) is 8.98. The highest BCUT2D eigenvalue weighted by Gasteiger charge is 2.55. The van der Waals surface area contributed by atoms with E-state index in [0.29, 0.717) is 16.9 Å². The topological polar surface area (TPSA) is 26.0 Å². The molecule has 0 aliphatic heterocycles. The summed E-state index contributed by atoms with van der Waals surface area (Å²) in [5.41, 5.74) is 7.23. The van der Waals surface area contributed by atoms with E-state index in [0.717, 1.165) is 5.92 Å². The van der Waals surface area contributed by atoms with Gasteiger partial charge in [-0.05, 0) is 42.4 Å². The molecule has 0 radical (unpaired) electrons. The Labute approximate surface area is 75.7 Å². The van der Waals surface area contributed by atoms with Crippen molar-refractivity contribution < 1.29 is 0 Å². The van der Waals surface area contributed by atoms with Crippen LogP contribution in [-0.2, 0) is 0 Å². The monoisotopic (exact) mass is 167 g/mol. The first-order valence-electron chi connectivity index (χ1n) is 5.23. The predicted octanol–water partition coefficient (Wildman–Crippen LogP) is 2.55. The molecule has 3 unspecified atom stereocenters. The summed E-state index contributed by atoms with van der Waals surface area (Å²) in [6.45, 7) is 7.30. The molecule has 0 aromatic rings. The first-order chi connectivity index (χ1) is 5.47. The van der Waals surface area contributed by atoms with Gasteiger partial charge in [-0.15, -0.1) is 0 Å². The van der Waals surface area contributed by atoms with Crippen LogP contribution < -0.4 is 5.73 Å². The summed E-state index contributed by atoms with van der Waals surface area (Å²) in [5, 5.41) is 0. The summed E-state index contributed by atoms with van der Waals surface area (Å²) >= 11 is 0. The molecule has 3 atom stereocenters. The van der Waals surface area contributed by atoms with Crippen molar-refractivity contribution >= 4 is 0 Å². The van der Waals surface area contributed by atoms with Crippen LogP contribution in [0.1, 0.15) is 46.5 Å². The van der Waals surface area contributed by atoms with E-state index in [4.69, 9.17) is 5.73 Å². The Morgan fingerprint density at radius 1 is 1.08 bits per heavy atom. The van der Waals surface area contributed by atoms with Crippen molar-refractivity contribution in [3.05, 3.63) is 0 Å². The zero-order valence-electron chi connectivity index (χ0n) is 8.56. The minimum atomic E-state index is 0.482. The lowest BCUT2D eigenvalue weighted by atomic mass is 9.58. The van der Waals surface area contributed by atoms with E-state index in [9.17, 15) is 0 Å². The summed E-state index contributed by atoms with van der Waals surface area (Å²) < 4.78 is 0. The van der Waals surface area contributed by atoms with Gasteiger partial charge in [0.05, 0.1) is 0 Å². The lowest BCUT2D eigenvalue weighted by Gasteiger charge is -2.48. The minimum absolute atomic E-state index is 0.482. The Kier molecular flexibility index (Phi) is 1.61. The standard InChI is InChI=1S/C11H21N/c1-10(2)8-4-6-11(10,3)7-5-9(8)12/h8-9H,4-7,12H2,1-3H3. The third-order valence-corrected chi connectivity index (χ3v) is 5.04. The molecule has 2 aliphatic carbocycles. The van der Waals surface area contributed by atoms with Gasteiger partial charge >= 0.3 is 0 Å². The van der Waals surface area contributed by atoms with E-state index in [1.165, 1.54) is 25.7 Å². The molecule has 0 heterocycles. The molecule has 0 spiro atoms. The van der Waals surface area contributed by atoms with Crippen molar-refractivity contribution in [3.8, 4) is 0 Å². The number of hydrogen-bond acceptors (Lipinski definition) is 1. The molecule has 2 bridgehead atoms. The molecule has 2 rings (SSSR count). The average molecular weight is 167 g/mol. The molecule has 2 N–H and O–H groups in total. The Morgan fingerprint density at radius 3 is 2.25 bits per heavy atom. The second-order valence-electron chi connectivity index (χ2n) is 5.63. The summed E-state index contributed by atoms with van der Waals surface area (Å²) in [5.74, 6) is 0.788. The fourth-order valence-electron chi connectivity index (χ4n) is 3.49. The molecule has 0 aromatic heterocycles. The molecular formula is C11H21N. The first kappa shape index (κ1) is 8.55. The van der Waals surface area contributed by atoms with Gasteiger partial charge in [0, 0.05) is 6.04 Å². The Morgan fingerprint density at radius 2 is 1.67 bits per heavy atom. The lowest BCUT2D eigenvalue weighted by molar-refractivity contribution is 0.0265. The summed E-state index contributed by atoms with van der Waals surface area (Å²) in [7, 11) is 0. The van der Waals surface area contributed by atoms with E-state index < -0.39 is 0 Å². The highest BCUT2D eigenvalue weighted by atomic mass is 14.7. The van der Waals surface area contributed by atoms with Crippen LogP contribution >= 0.6 is 0 Å². The summed E-state index contributed by atoms with van der Waals surface area (Å²) in [4.78, 5) is 0. The Bertz CT molecular complexity index is 197. The predicted molar refractivity (Wildman–Crippen MR) is 51.8 cm³/mol. The maximum atomic E-state index is 6.15. The highest BCUT2D eigenvalue weighted by Crippen LogP contribution is 2.62. The normalized spacial score (nSPS) is 51.0. The molecule has 0 saturated heterocycles. The molecule has 2 fully saturated rings. The Hall–Kier alpha value is -0.0400.